The molecule has 1 aliphatic heterocycles. The van der Waals surface area contributed by atoms with E-state index in [1.165, 1.54) is 7.11 Å². The lowest BCUT2D eigenvalue weighted by molar-refractivity contribution is 0.377. The predicted molar refractivity (Wildman–Crippen MR) is 61.5 cm³/mol. The Bertz CT molecular complexity index is 393. The third kappa shape index (κ3) is 1.87. The van der Waals surface area contributed by atoms with Crippen molar-refractivity contribution in [1.29, 1.82) is 0 Å². The molecular weight excluding hydrogens is 206 g/mol. The summed E-state index contributed by atoms with van der Waals surface area (Å²) in [6, 6.07) is 0.269. The zero-order valence-electron chi connectivity index (χ0n) is 9.90. The number of rotatable bonds is 2. The molecule has 2 N–H and O–H groups in total. The molecular formula is C10H17N5O. The third-order valence-corrected chi connectivity index (χ3v) is 2.95. The monoisotopic (exact) mass is 223 g/mol. The second-order valence-corrected chi connectivity index (χ2v) is 4.55. The first-order valence-electron chi connectivity index (χ1n) is 5.36. The van der Waals surface area contributed by atoms with Gasteiger partial charge >= 0.3 is 6.01 Å². The number of nitrogens with zero attached hydrogens (tertiary/aromatic N) is 4. The SMILES string of the molecule is COc1nc(N)nc(N2CCCC2(C)C)n1. The molecule has 2 heterocycles. The second-order valence-electron chi connectivity index (χ2n) is 4.55. The first kappa shape index (κ1) is 10.9. The van der Waals surface area contributed by atoms with E-state index in [0.29, 0.717) is 5.95 Å². The van der Waals surface area contributed by atoms with E-state index in [2.05, 4.69) is 33.7 Å². The highest BCUT2D eigenvalue weighted by Crippen LogP contribution is 2.31. The van der Waals surface area contributed by atoms with Gasteiger partial charge in [-0.25, -0.2) is 0 Å². The van der Waals surface area contributed by atoms with E-state index >= 15 is 0 Å². The molecule has 0 aromatic carbocycles. The summed E-state index contributed by atoms with van der Waals surface area (Å²) in [7, 11) is 1.52. The molecule has 0 unspecified atom stereocenters. The van der Waals surface area contributed by atoms with Crippen LogP contribution in [0.5, 0.6) is 6.01 Å². The van der Waals surface area contributed by atoms with Gasteiger partial charge in [-0.1, -0.05) is 0 Å². The Morgan fingerprint density at radius 1 is 1.31 bits per heavy atom. The van der Waals surface area contributed by atoms with Gasteiger partial charge in [0.1, 0.15) is 0 Å². The van der Waals surface area contributed by atoms with Gasteiger partial charge in [-0.3, -0.25) is 0 Å². The van der Waals surface area contributed by atoms with Crippen molar-refractivity contribution in [3.8, 4) is 6.01 Å². The van der Waals surface area contributed by atoms with Gasteiger partial charge in [0, 0.05) is 12.1 Å². The molecule has 0 aliphatic carbocycles. The van der Waals surface area contributed by atoms with Crippen LogP contribution in [-0.4, -0.2) is 34.1 Å². The molecule has 1 aromatic heterocycles. The lowest BCUT2D eigenvalue weighted by atomic mass is 10.0. The van der Waals surface area contributed by atoms with Crippen LogP contribution in [0.3, 0.4) is 0 Å². The number of aromatic nitrogens is 3. The maximum atomic E-state index is 5.62. The molecule has 88 valence electrons. The van der Waals surface area contributed by atoms with E-state index in [9.17, 15) is 0 Å². The molecule has 6 nitrogen and oxygen atoms in total. The summed E-state index contributed by atoms with van der Waals surface area (Å²) in [5, 5.41) is 0. The number of anilines is 2. The largest absolute Gasteiger partial charge is 0.467 e. The Morgan fingerprint density at radius 2 is 2.06 bits per heavy atom. The van der Waals surface area contributed by atoms with Crippen LogP contribution in [0, 0.1) is 0 Å². The van der Waals surface area contributed by atoms with E-state index in [0.717, 1.165) is 19.4 Å². The number of hydrogen-bond donors (Lipinski definition) is 1. The van der Waals surface area contributed by atoms with Gasteiger partial charge in [0.15, 0.2) is 0 Å². The number of hydrogen-bond acceptors (Lipinski definition) is 6. The van der Waals surface area contributed by atoms with Crippen molar-refractivity contribution >= 4 is 11.9 Å². The number of methoxy groups -OCH3 is 1. The minimum Gasteiger partial charge on any atom is -0.467 e. The lowest BCUT2D eigenvalue weighted by Gasteiger charge is -2.31. The highest BCUT2D eigenvalue weighted by Gasteiger charge is 2.34. The van der Waals surface area contributed by atoms with Crippen LogP contribution in [0.1, 0.15) is 26.7 Å². The Hall–Kier alpha value is -1.59. The van der Waals surface area contributed by atoms with Crippen molar-refractivity contribution in [2.24, 2.45) is 0 Å². The minimum atomic E-state index is 0.0683. The van der Waals surface area contributed by atoms with Gasteiger partial charge in [0.25, 0.3) is 0 Å². The zero-order valence-corrected chi connectivity index (χ0v) is 9.90. The first-order chi connectivity index (χ1) is 7.53. The molecule has 1 saturated heterocycles. The fraction of sp³-hybridized carbons (Fsp3) is 0.700. The predicted octanol–water partition coefficient (Wildman–Crippen LogP) is 0.841. The Morgan fingerprint density at radius 3 is 2.62 bits per heavy atom. The van der Waals surface area contributed by atoms with Gasteiger partial charge in [-0.15, -0.1) is 0 Å². The van der Waals surface area contributed by atoms with Gasteiger partial charge < -0.3 is 15.4 Å². The summed E-state index contributed by atoms with van der Waals surface area (Å²) in [5.74, 6) is 0.802. The average molecular weight is 223 g/mol. The zero-order chi connectivity index (χ0) is 11.8. The maximum Gasteiger partial charge on any atom is 0.322 e. The molecule has 0 amide bonds. The molecule has 0 atom stereocenters. The first-order valence-corrected chi connectivity index (χ1v) is 5.36. The molecule has 0 bridgehead atoms. The van der Waals surface area contributed by atoms with Crippen molar-refractivity contribution in [3.05, 3.63) is 0 Å². The van der Waals surface area contributed by atoms with Crippen LogP contribution in [-0.2, 0) is 0 Å². The summed E-state index contributed by atoms with van der Waals surface area (Å²) >= 11 is 0. The van der Waals surface area contributed by atoms with Crippen LogP contribution >= 0.6 is 0 Å². The number of nitrogens with two attached hydrogens (primary N) is 1. The smallest absolute Gasteiger partial charge is 0.322 e. The second kappa shape index (κ2) is 3.77. The lowest BCUT2D eigenvalue weighted by Crippen LogP contribution is -2.39. The molecule has 1 aromatic rings. The van der Waals surface area contributed by atoms with E-state index in [4.69, 9.17) is 10.5 Å². The van der Waals surface area contributed by atoms with E-state index in [-0.39, 0.29) is 17.5 Å². The molecule has 0 saturated carbocycles. The summed E-state index contributed by atoms with van der Waals surface area (Å²) in [5.41, 5.74) is 5.69. The van der Waals surface area contributed by atoms with Crippen LogP contribution in [0.15, 0.2) is 0 Å². The summed E-state index contributed by atoms with van der Waals surface area (Å²) in [6.07, 6.45) is 2.27. The molecule has 0 spiro atoms. The fourth-order valence-corrected chi connectivity index (χ4v) is 2.05. The molecule has 1 fully saturated rings. The van der Waals surface area contributed by atoms with Crippen molar-refractivity contribution < 1.29 is 4.74 Å². The Labute approximate surface area is 94.9 Å². The normalized spacial score (nSPS) is 18.8. The van der Waals surface area contributed by atoms with Gasteiger partial charge in [0.2, 0.25) is 11.9 Å². The van der Waals surface area contributed by atoms with Crippen molar-refractivity contribution in [3.63, 3.8) is 0 Å². The average Bonchev–Trinajstić information content (AvgIpc) is 2.57. The summed E-state index contributed by atoms with van der Waals surface area (Å²) in [4.78, 5) is 14.4. The topological polar surface area (TPSA) is 77.2 Å². The quantitative estimate of drug-likeness (QED) is 0.800. The molecule has 0 radical (unpaired) electrons. The standard InChI is InChI=1S/C10H17N5O/c1-10(2)5-4-6-15(10)8-12-7(11)13-9(14-8)16-3/h4-6H2,1-3H3,(H2,11,12,13,14). The van der Waals surface area contributed by atoms with E-state index in [1.807, 2.05) is 0 Å². The van der Waals surface area contributed by atoms with Crippen LogP contribution < -0.4 is 15.4 Å². The van der Waals surface area contributed by atoms with Crippen LogP contribution in [0.2, 0.25) is 0 Å². The van der Waals surface area contributed by atoms with Crippen molar-refractivity contribution in [2.75, 3.05) is 24.3 Å². The summed E-state index contributed by atoms with van der Waals surface area (Å²) in [6.45, 7) is 5.29. The minimum absolute atomic E-state index is 0.0683. The third-order valence-electron chi connectivity index (χ3n) is 2.95. The molecule has 16 heavy (non-hydrogen) atoms. The number of ether oxygens (including phenoxy) is 1. The highest BCUT2D eigenvalue weighted by atomic mass is 16.5. The Kier molecular flexibility index (Phi) is 2.57. The molecule has 6 heteroatoms. The van der Waals surface area contributed by atoms with Gasteiger partial charge in [0.05, 0.1) is 7.11 Å². The molecule has 2 rings (SSSR count). The number of nitrogen functional groups attached to an aromatic ring is 1. The summed E-state index contributed by atoms with van der Waals surface area (Å²) < 4.78 is 4.99. The Balaban J connectivity index is 2.36. The highest BCUT2D eigenvalue weighted by molar-refractivity contribution is 5.40. The van der Waals surface area contributed by atoms with Gasteiger partial charge in [-0.05, 0) is 26.7 Å². The van der Waals surface area contributed by atoms with Crippen molar-refractivity contribution in [1.82, 2.24) is 15.0 Å². The van der Waals surface area contributed by atoms with Crippen molar-refractivity contribution in [2.45, 2.75) is 32.2 Å². The van der Waals surface area contributed by atoms with Gasteiger partial charge in [-0.2, -0.15) is 15.0 Å². The van der Waals surface area contributed by atoms with Crippen LogP contribution in [0.4, 0.5) is 11.9 Å². The maximum absolute atomic E-state index is 5.62. The molecule has 1 aliphatic rings. The fourth-order valence-electron chi connectivity index (χ4n) is 2.05. The van der Waals surface area contributed by atoms with E-state index < -0.39 is 0 Å². The van der Waals surface area contributed by atoms with E-state index in [1.54, 1.807) is 0 Å². The van der Waals surface area contributed by atoms with Crippen LogP contribution in [0.25, 0.3) is 0 Å².